The van der Waals surface area contributed by atoms with Crippen LogP contribution >= 0.6 is 0 Å². The molecule has 0 heterocycles. The van der Waals surface area contributed by atoms with E-state index in [2.05, 4.69) is 81.5 Å². The van der Waals surface area contributed by atoms with E-state index in [1.807, 2.05) is 72.9 Å². The molecule has 6 nitrogen and oxygen atoms in total. The van der Waals surface area contributed by atoms with E-state index in [0.717, 1.165) is 96.3 Å². The molecule has 0 aromatic heterocycles. The molecular formula is C61H96O6. The maximum Gasteiger partial charge on any atom is 0.306 e. The molecule has 67 heavy (non-hydrogen) atoms. The Morgan fingerprint density at radius 1 is 0.328 bits per heavy atom. The number of hydrogen-bond acceptors (Lipinski definition) is 6. The monoisotopic (exact) mass is 925 g/mol. The fourth-order valence-electron chi connectivity index (χ4n) is 6.84. The summed E-state index contributed by atoms with van der Waals surface area (Å²) < 4.78 is 16.7. The summed E-state index contributed by atoms with van der Waals surface area (Å²) in [5.41, 5.74) is 0. The Hall–Kier alpha value is -4.45. The lowest BCUT2D eigenvalue weighted by atomic mass is 10.1. The number of ether oxygens (including phenoxy) is 3. The smallest absolute Gasteiger partial charge is 0.306 e. The van der Waals surface area contributed by atoms with Gasteiger partial charge in [-0.25, -0.2) is 0 Å². The summed E-state index contributed by atoms with van der Waals surface area (Å²) in [7, 11) is 0. The molecular weight excluding hydrogens is 829 g/mol. The molecule has 0 aliphatic carbocycles. The first-order chi connectivity index (χ1) is 33.0. The average Bonchev–Trinajstić information content (AvgIpc) is 3.33. The largest absolute Gasteiger partial charge is 0.462 e. The van der Waals surface area contributed by atoms with Crippen LogP contribution in [0.3, 0.4) is 0 Å². The first-order valence-corrected chi connectivity index (χ1v) is 26.8. The molecule has 376 valence electrons. The van der Waals surface area contributed by atoms with Gasteiger partial charge >= 0.3 is 17.9 Å². The highest BCUT2D eigenvalue weighted by Crippen LogP contribution is 2.13. The molecule has 0 amide bonds. The molecule has 0 saturated carbocycles. The number of hydrogen-bond donors (Lipinski definition) is 0. The van der Waals surface area contributed by atoms with Crippen molar-refractivity contribution >= 4 is 17.9 Å². The Bertz CT molecular complexity index is 1480. The highest BCUT2D eigenvalue weighted by Gasteiger charge is 2.19. The summed E-state index contributed by atoms with van der Waals surface area (Å²) in [4.78, 5) is 38.0. The third-order valence-corrected chi connectivity index (χ3v) is 10.8. The fourth-order valence-corrected chi connectivity index (χ4v) is 6.84. The Morgan fingerprint density at radius 2 is 0.657 bits per heavy atom. The summed E-state index contributed by atoms with van der Waals surface area (Å²) in [5.74, 6) is -1.02. The number of unbranched alkanes of at least 4 members (excludes halogenated alkanes) is 19. The lowest BCUT2D eigenvalue weighted by molar-refractivity contribution is -0.167. The molecule has 0 N–H and O–H groups in total. The molecule has 0 rings (SSSR count). The zero-order valence-corrected chi connectivity index (χ0v) is 42.9. The van der Waals surface area contributed by atoms with Gasteiger partial charge in [0.25, 0.3) is 0 Å². The molecule has 0 aliphatic rings. The Kier molecular flexibility index (Phi) is 50.6. The van der Waals surface area contributed by atoms with Gasteiger partial charge in [0.1, 0.15) is 13.2 Å². The lowest BCUT2D eigenvalue weighted by Crippen LogP contribution is -2.30. The van der Waals surface area contributed by atoms with Crippen LogP contribution in [0, 0.1) is 0 Å². The molecule has 0 aromatic rings. The van der Waals surface area contributed by atoms with Gasteiger partial charge < -0.3 is 14.2 Å². The molecule has 0 bridgehead atoms. The van der Waals surface area contributed by atoms with Crippen LogP contribution in [0.1, 0.15) is 213 Å². The average molecular weight is 925 g/mol. The second-order valence-corrected chi connectivity index (χ2v) is 17.2. The van der Waals surface area contributed by atoms with Crippen molar-refractivity contribution in [1.29, 1.82) is 0 Å². The lowest BCUT2D eigenvalue weighted by Gasteiger charge is -2.18. The SMILES string of the molecule is CC\C=C/C=C\C=C/C=C\C=C\C=C/C=C\CCCCCC(=O)OCC(COC(=O)CCCC/C=C\C/C=C\C/C=C\CC)OC(=O)CCCCCCC/C=C\CCCCCCCCCCC. The molecule has 1 unspecified atom stereocenters. The van der Waals surface area contributed by atoms with Gasteiger partial charge in [0.2, 0.25) is 0 Å². The van der Waals surface area contributed by atoms with Crippen LogP contribution in [0.25, 0.3) is 0 Å². The Labute approximate surface area is 411 Å². The van der Waals surface area contributed by atoms with E-state index in [1.165, 1.54) is 70.6 Å². The van der Waals surface area contributed by atoms with Gasteiger partial charge in [-0.15, -0.1) is 0 Å². The zero-order chi connectivity index (χ0) is 48.6. The van der Waals surface area contributed by atoms with E-state index in [1.54, 1.807) is 0 Å². The van der Waals surface area contributed by atoms with E-state index in [4.69, 9.17) is 14.2 Å². The molecule has 6 heteroatoms. The molecule has 0 fully saturated rings. The van der Waals surface area contributed by atoms with E-state index >= 15 is 0 Å². The number of rotatable bonds is 46. The quantitative estimate of drug-likeness (QED) is 0.0199. The maximum absolute atomic E-state index is 12.8. The Balaban J connectivity index is 4.54. The van der Waals surface area contributed by atoms with Crippen molar-refractivity contribution in [1.82, 2.24) is 0 Å². The highest BCUT2D eigenvalue weighted by atomic mass is 16.6. The van der Waals surface area contributed by atoms with E-state index in [-0.39, 0.29) is 31.1 Å². The van der Waals surface area contributed by atoms with Gasteiger partial charge in [-0.3, -0.25) is 14.4 Å². The van der Waals surface area contributed by atoms with E-state index < -0.39 is 6.10 Å². The fraction of sp³-hybridized carbons (Fsp3) is 0.590. The molecule has 0 radical (unpaired) electrons. The minimum atomic E-state index is -0.822. The van der Waals surface area contributed by atoms with Crippen LogP contribution in [-0.2, 0) is 28.6 Å². The van der Waals surface area contributed by atoms with Crippen molar-refractivity contribution in [2.75, 3.05) is 13.2 Å². The van der Waals surface area contributed by atoms with Gasteiger partial charge in [0.15, 0.2) is 6.10 Å². The molecule has 0 aromatic carbocycles. The van der Waals surface area contributed by atoms with Gasteiger partial charge in [-0.2, -0.15) is 0 Å². The summed E-state index contributed by atoms with van der Waals surface area (Å²) in [6, 6.07) is 0. The van der Waals surface area contributed by atoms with Crippen molar-refractivity contribution in [2.24, 2.45) is 0 Å². The number of allylic oxidation sites excluding steroid dienone is 22. The minimum Gasteiger partial charge on any atom is -0.462 e. The minimum absolute atomic E-state index is 0.121. The Morgan fingerprint density at radius 3 is 1.15 bits per heavy atom. The maximum atomic E-state index is 12.8. The summed E-state index contributed by atoms with van der Waals surface area (Å²) >= 11 is 0. The van der Waals surface area contributed by atoms with Crippen molar-refractivity contribution in [2.45, 2.75) is 219 Å². The zero-order valence-electron chi connectivity index (χ0n) is 42.9. The van der Waals surface area contributed by atoms with Crippen LogP contribution in [0.5, 0.6) is 0 Å². The van der Waals surface area contributed by atoms with Crippen molar-refractivity contribution < 1.29 is 28.6 Å². The number of carbonyl (C=O) groups is 3. The van der Waals surface area contributed by atoms with Gasteiger partial charge in [-0.05, 0) is 96.3 Å². The first-order valence-electron chi connectivity index (χ1n) is 26.8. The summed E-state index contributed by atoms with van der Waals surface area (Å²) in [6.07, 6.45) is 75.8. The van der Waals surface area contributed by atoms with Crippen LogP contribution < -0.4 is 0 Å². The van der Waals surface area contributed by atoms with E-state index in [0.29, 0.717) is 25.7 Å². The van der Waals surface area contributed by atoms with Crippen LogP contribution in [0.15, 0.2) is 134 Å². The summed E-state index contributed by atoms with van der Waals surface area (Å²) in [5, 5.41) is 0. The van der Waals surface area contributed by atoms with Crippen LogP contribution in [0.4, 0.5) is 0 Å². The normalized spacial score (nSPS) is 13.2. The molecule has 0 saturated heterocycles. The summed E-state index contributed by atoms with van der Waals surface area (Å²) in [6.45, 7) is 6.28. The van der Waals surface area contributed by atoms with E-state index in [9.17, 15) is 14.4 Å². The molecule has 0 spiro atoms. The molecule has 0 aliphatic heterocycles. The highest BCUT2D eigenvalue weighted by molar-refractivity contribution is 5.71. The second-order valence-electron chi connectivity index (χ2n) is 17.2. The first kappa shape index (κ1) is 62.5. The van der Waals surface area contributed by atoms with Gasteiger partial charge in [-0.1, -0.05) is 231 Å². The second kappa shape index (κ2) is 54.2. The van der Waals surface area contributed by atoms with Crippen molar-refractivity contribution in [3.8, 4) is 0 Å². The molecule has 1 atom stereocenters. The van der Waals surface area contributed by atoms with Gasteiger partial charge in [0.05, 0.1) is 0 Å². The third-order valence-electron chi connectivity index (χ3n) is 10.8. The van der Waals surface area contributed by atoms with Crippen LogP contribution in [-0.4, -0.2) is 37.2 Å². The van der Waals surface area contributed by atoms with Gasteiger partial charge in [0, 0.05) is 19.3 Å². The predicted molar refractivity (Wildman–Crippen MR) is 288 cm³/mol. The number of esters is 3. The van der Waals surface area contributed by atoms with Crippen molar-refractivity contribution in [3.05, 3.63) is 134 Å². The number of carbonyl (C=O) groups excluding carboxylic acids is 3. The third kappa shape index (κ3) is 52.4. The standard InChI is InChI=1S/C61H96O6/c1-4-7-10-13-16-19-22-25-27-29-31-33-34-36-39-42-45-48-51-54-60(63)66-57-58(56-65-59(62)53-50-47-44-41-38-24-21-18-15-12-9-6-3)67-61(64)55-52-49-46-43-40-37-35-32-30-28-26-23-20-17-14-11-8-5-2/h7,9-10,12-13,16,18-19,21-22,25,27,29,31-36,38-39,41,58H,4-6,8,11,14-15,17,20,23-24,26,28,30,37,40,42-57H2,1-3H3/b10-7-,12-9-,16-13-,21-18-,22-19-,27-25-,31-29+,34-33-,35-32-,39-36-,41-38-. The van der Waals surface area contributed by atoms with Crippen molar-refractivity contribution in [3.63, 3.8) is 0 Å². The topological polar surface area (TPSA) is 78.9 Å². The predicted octanol–water partition coefficient (Wildman–Crippen LogP) is 17.9. The van der Waals surface area contributed by atoms with Crippen LogP contribution in [0.2, 0.25) is 0 Å².